The summed E-state index contributed by atoms with van der Waals surface area (Å²) in [5.41, 5.74) is -5.95. The highest BCUT2D eigenvalue weighted by Gasteiger charge is 2.49. The van der Waals surface area contributed by atoms with Gasteiger partial charge in [-0.05, 0) is 54.1 Å². The Bertz CT molecular complexity index is 1200. The molecule has 0 atom stereocenters. The van der Waals surface area contributed by atoms with Crippen LogP contribution in [0.2, 0.25) is 18.1 Å². The number of alkyl halides is 3. The molecule has 2 aromatic rings. The summed E-state index contributed by atoms with van der Waals surface area (Å²) >= 11 is 0. The molecule has 0 saturated heterocycles. The fourth-order valence-corrected chi connectivity index (χ4v) is 3.93. The molecular weight excluding hydrogens is 496 g/mol. The lowest BCUT2D eigenvalue weighted by Gasteiger charge is -2.36. The maximum absolute atomic E-state index is 14.9. The van der Waals surface area contributed by atoms with E-state index in [0.717, 1.165) is 12.1 Å². The van der Waals surface area contributed by atoms with Crippen LogP contribution in [0.25, 0.3) is 10.8 Å². The number of ether oxygens (including phenoxy) is 2. The van der Waals surface area contributed by atoms with Crippen molar-refractivity contribution in [1.82, 2.24) is 0 Å². The smallest absolute Gasteiger partial charge is 0.467 e. The number of benzene rings is 2. The third kappa shape index (κ3) is 6.61. The van der Waals surface area contributed by atoms with Gasteiger partial charge in [-0.15, -0.1) is 0 Å². The van der Waals surface area contributed by atoms with Gasteiger partial charge in [0, 0.05) is 25.1 Å². The minimum Gasteiger partial charge on any atom is -0.467 e. The molecule has 0 spiro atoms. The Labute approximate surface area is 201 Å². The van der Waals surface area contributed by atoms with Gasteiger partial charge in [0.1, 0.15) is 11.6 Å². The quantitative estimate of drug-likeness (QED) is 0.121. The van der Waals surface area contributed by atoms with Crippen molar-refractivity contribution in [3.63, 3.8) is 0 Å². The number of aryl methyl sites for hydroxylation is 1. The van der Waals surface area contributed by atoms with Crippen LogP contribution in [0.5, 0.6) is 11.5 Å². The second kappa shape index (κ2) is 10.4. The van der Waals surface area contributed by atoms with Gasteiger partial charge in [0.05, 0.1) is 2.74 Å². The van der Waals surface area contributed by atoms with Crippen molar-refractivity contribution in [2.45, 2.75) is 57.3 Å². The first-order valence-corrected chi connectivity index (χ1v) is 14.6. The van der Waals surface area contributed by atoms with Crippen molar-refractivity contribution in [3.05, 3.63) is 35.6 Å². The van der Waals surface area contributed by atoms with E-state index in [1.807, 2.05) is 33.9 Å². The largest absolute Gasteiger partial charge is 0.534 e. The summed E-state index contributed by atoms with van der Waals surface area (Å²) in [5, 5.41) is -0.439. The van der Waals surface area contributed by atoms with Crippen molar-refractivity contribution in [2.75, 3.05) is 20.5 Å². The first kappa shape index (κ1) is 25.2. The molecule has 0 aliphatic heterocycles. The molecule has 0 aliphatic carbocycles. The summed E-state index contributed by atoms with van der Waals surface area (Å²) in [6, 6.07) is 4.51. The molecule has 0 saturated carbocycles. The molecule has 0 unspecified atom stereocenters. The average molecular weight is 529 g/mol. The molecule has 0 heterocycles. The van der Waals surface area contributed by atoms with Crippen LogP contribution in [-0.2, 0) is 25.7 Å². The predicted octanol–water partition coefficient (Wildman–Crippen LogP) is 6.14. The van der Waals surface area contributed by atoms with Crippen molar-refractivity contribution in [1.29, 1.82) is 0 Å². The van der Waals surface area contributed by atoms with Gasteiger partial charge in [0.25, 0.3) is 0 Å². The van der Waals surface area contributed by atoms with E-state index in [1.54, 1.807) is 0 Å². The van der Waals surface area contributed by atoms with Crippen LogP contribution in [0.15, 0.2) is 24.3 Å². The topological polar surface area (TPSA) is 71.1 Å². The number of halogens is 4. The Balaban J connectivity index is 2.58. The summed E-state index contributed by atoms with van der Waals surface area (Å²) in [6.07, 6.45) is -0.658. The fourth-order valence-electron chi connectivity index (χ4n) is 2.69. The number of hydrogen-bond acceptors (Lipinski definition) is 6. The maximum atomic E-state index is 14.9. The Morgan fingerprint density at radius 3 is 2.32 bits per heavy atom. The van der Waals surface area contributed by atoms with Crippen molar-refractivity contribution >= 4 is 29.2 Å². The molecule has 0 aromatic heterocycles. The van der Waals surface area contributed by atoms with E-state index in [0.29, 0.717) is 0 Å². The Hall–Kier alpha value is -1.89. The van der Waals surface area contributed by atoms with Crippen LogP contribution in [0.3, 0.4) is 0 Å². The predicted molar refractivity (Wildman–Crippen MR) is 123 cm³/mol. The van der Waals surface area contributed by atoms with E-state index < -0.39 is 42.1 Å². The Morgan fingerprint density at radius 2 is 1.76 bits per heavy atom. The third-order valence-corrected chi connectivity index (χ3v) is 10.8. The number of fused-ring (bicyclic) bond motifs is 1. The van der Waals surface area contributed by atoms with E-state index in [2.05, 4.69) is 4.18 Å². The lowest BCUT2D eigenvalue weighted by atomic mass is 9.99. The van der Waals surface area contributed by atoms with Crippen LogP contribution >= 0.6 is 0 Å². The maximum Gasteiger partial charge on any atom is 0.534 e. The summed E-state index contributed by atoms with van der Waals surface area (Å²) < 4.78 is 115. The molecule has 192 valence electrons. The fraction of sp³-hybridized carbons (Fsp3) is 0.545. The van der Waals surface area contributed by atoms with Crippen LogP contribution in [-0.4, -0.2) is 42.7 Å². The Morgan fingerprint density at radius 1 is 1.12 bits per heavy atom. The summed E-state index contributed by atoms with van der Waals surface area (Å²) in [6.45, 7) is 6.99. The number of methoxy groups -OCH3 is 1. The molecule has 2 rings (SSSR count). The molecule has 2 aromatic carbocycles. The highest BCUT2D eigenvalue weighted by molar-refractivity contribution is 7.88. The number of hydrogen-bond donors (Lipinski definition) is 0. The van der Waals surface area contributed by atoms with Crippen molar-refractivity contribution in [2.24, 2.45) is 0 Å². The molecule has 0 N–H and O–H groups in total. The minimum absolute atomic E-state index is 0.0779. The van der Waals surface area contributed by atoms with E-state index in [-0.39, 0.29) is 46.8 Å². The van der Waals surface area contributed by atoms with Crippen LogP contribution in [0.1, 0.15) is 35.5 Å². The van der Waals surface area contributed by atoms with Gasteiger partial charge >= 0.3 is 15.6 Å². The molecule has 0 radical (unpaired) electrons. The van der Waals surface area contributed by atoms with Crippen LogP contribution in [0.4, 0.5) is 17.6 Å². The van der Waals surface area contributed by atoms with Gasteiger partial charge in [-0.2, -0.15) is 21.6 Å². The molecule has 0 amide bonds. The monoisotopic (exact) mass is 528 g/mol. The lowest BCUT2D eigenvalue weighted by molar-refractivity contribution is -0.0499. The van der Waals surface area contributed by atoms with Crippen molar-refractivity contribution < 1.29 is 46.8 Å². The zero-order chi connectivity index (χ0) is 27.7. The van der Waals surface area contributed by atoms with Crippen LogP contribution < -0.4 is 8.92 Å². The lowest BCUT2D eigenvalue weighted by Crippen LogP contribution is -2.41. The highest BCUT2D eigenvalue weighted by Crippen LogP contribution is 2.39. The number of rotatable bonds is 10. The molecule has 0 bridgehead atoms. The second-order valence-electron chi connectivity index (χ2n) is 9.09. The normalized spacial score (nSPS) is 14.6. The van der Waals surface area contributed by atoms with Gasteiger partial charge in [-0.3, -0.25) is 0 Å². The molecule has 0 fully saturated rings. The van der Waals surface area contributed by atoms with E-state index in [1.165, 1.54) is 19.2 Å². The van der Waals surface area contributed by atoms with Gasteiger partial charge < -0.3 is 18.1 Å². The van der Waals surface area contributed by atoms with Gasteiger partial charge in [-0.25, -0.2) is 4.39 Å². The standard InChI is InChI=1S/C22H30F4O6SSi/c1-21(2,3)34(5,6)31-11-7-8-17-18(23)10-9-15-12-16(30-14-29-4)13-19(20(15)17)32-33(27,28)22(24,25)26/h9-10,12-13H,7-8,11,14H2,1-6H3/i11D2. The molecule has 6 nitrogen and oxygen atoms in total. The van der Waals surface area contributed by atoms with E-state index >= 15 is 0 Å². The van der Waals surface area contributed by atoms with Crippen molar-refractivity contribution in [3.8, 4) is 11.5 Å². The Kier molecular flexibility index (Phi) is 7.70. The average Bonchev–Trinajstić information content (AvgIpc) is 2.69. The van der Waals surface area contributed by atoms with Gasteiger partial charge in [-0.1, -0.05) is 26.8 Å². The molecule has 12 heteroatoms. The minimum atomic E-state index is -6.10. The van der Waals surface area contributed by atoms with Gasteiger partial charge in [0.2, 0.25) is 0 Å². The molecule has 34 heavy (non-hydrogen) atoms. The first-order valence-electron chi connectivity index (χ1n) is 11.3. The second-order valence-corrected chi connectivity index (χ2v) is 15.3. The van der Waals surface area contributed by atoms with Crippen LogP contribution in [0, 0.1) is 5.82 Å². The van der Waals surface area contributed by atoms with E-state index in [9.17, 15) is 26.0 Å². The first-order chi connectivity index (χ1) is 16.2. The van der Waals surface area contributed by atoms with Gasteiger partial charge in [0.15, 0.2) is 20.9 Å². The summed E-state index contributed by atoms with van der Waals surface area (Å²) in [4.78, 5) is 0. The highest BCUT2D eigenvalue weighted by atomic mass is 32.2. The zero-order valence-electron chi connectivity index (χ0n) is 21.8. The summed E-state index contributed by atoms with van der Waals surface area (Å²) in [7, 11) is -7.35. The van der Waals surface area contributed by atoms with E-state index in [4.69, 9.17) is 16.6 Å². The molecular formula is C22H30F4O6SSi. The molecule has 0 aliphatic rings. The zero-order valence-corrected chi connectivity index (χ0v) is 21.6. The SMILES string of the molecule is [2H]C([2H])(CCc1c(F)ccc2cc(OCOC)cc(OS(=O)(=O)C(F)(F)F)c12)O[Si](C)(C)C(C)(C)C. The third-order valence-electron chi connectivity index (χ3n) is 5.54. The summed E-state index contributed by atoms with van der Waals surface area (Å²) in [5.74, 6) is -1.76.